The van der Waals surface area contributed by atoms with Crippen LogP contribution in [-0.4, -0.2) is 12.2 Å². The Hall–Kier alpha value is -2.73. The van der Waals surface area contributed by atoms with E-state index in [1.54, 1.807) is 31.4 Å². The first-order valence-electron chi connectivity index (χ1n) is 7.88. The topological polar surface area (TPSA) is 50.7 Å². The van der Waals surface area contributed by atoms with E-state index in [-0.39, 0.29) is 18.1 Å². The third-order valence-electron chi connectivity index (χ3n) is 3.74. The van der Waals surface area contributed by atoms with Gasteiger partial charge >= 0.3 is 0 Å². The maximum atomic E-state index is 13.7. The lowest BCUT2D eigenvalue weighted by Gasteiger charge is -2.14. The molecule has 0 spiro atoms. The molecule has 0 aliphatic rings. The largest absolute Gasteiger partial charge is 0.508 e. The maximum absolute atomic E-state index is 13.7. The maximum Gasteiger partial charge on any atom is 0.150 e. The zero-order chi connectivity index (χ0) is 18.5. The lowest BCUT2D eigenvalue weighted by atomic mass is 10.1. The Morgan fingerprint density at radius 2 is 1.73 bits per heavy atom. The van der Waals surface area contributed by atoms with Crippen LogP contribution < -0.4 is 14.8 Å². The normalized spacial score (nSPS) is 10.4. The van der Waals surface area contributed by atoms with E-state index >= 15 is 0 Å². The number of hydrogen-bond acceptors (Lipinski definition) is 4. The minimum Gasteiger partial charge on any atom is -0.508 e. The minimum atomic E-state index is -0.384. The second-order valence-electron chi connectivity index (χ2n) is 5.54. The summed E-state index contributed by atoms with van der Waals surface area (Å²) in [5, 5.41) is 13.1. The van der Waals surface area contributed by atoms with Crippen LogP contribution in [0.2, 0.25) is 0 Å². The molecule has 0 aliphatic carbocycles. The molecule has 0 bridgehead atoms. The van der Waals surface area contributed by atoms with Gasteiger partial charge in [-0.15, -0.1) is 0 Å². The van der Waals surface area contributed by atoms with E-state index < -0.39 is 0 Å². The predicted octanol–water partition coefficient (Wildman–Crippen LogP) is 5.71. The van der Waals surface area contributed by atoms with Crippen LogP contribution in [-0.2, 0) is 6.54 Å². The highest BCUT2D eigenvalue weighted by Crippen LogP contribution is 2.32. The molecule has 0 fully saturated rings. The molecule has 0 radical (unpaired) electrons. The van der Waals surface area contributed by atoms with Crippen LogP contribution in [0.25, 0.3) is 0 Å². The molecule has 2 N–H and O–H groups in total. The molecule has 3 aromatic carbocycles. The van der Waals surface area contributed by atoms with Gasteiger partial charge in [-0.25, -0.2) is 4.39 Å². The summed E-state index contributed by atoms with van der Waals surface area (Å²) in [6.07, 6.45) is 0. The first-order valence-corrected chi connectivity index (χ1v) is 8.67. The Morgan fingerprint density at radius 3 is 2.46 bits per heavy atom. The van der Waals surface area contributed by atoms with Gasteiger partial charge in [0.25, 0.3) is 0 Å². The van der Waals surface area contributed by atoms with E-state index in [0.717, 1.165) is 4.47 Å². The molecular weight excluding hydrogens is 401 g/mol. The molecule has 0 amide bonds. The molecule has 4 nitrogen and oxygen atoms in total. The summed E-state index contributed by atoms with van der Waals surface area (Å²) in [5.41, 5.74) is 1.11. The van der Waals surface area contributed by atoms with Crippen molar-refractivity contribution < 1.29 is 19.0 Å². The Morgan fingerprint density at radius 1 is 1.00 bits per heavy atom. The summed E-state index contributed by atoms with van der Waals surface area (Å²) in [6, 6.07) is 16.5. The number of anilines is 1. The third kappa shape index (κ3) is 4.46. The van der Waals surface area contributed by atoms with Gasteiger partial charge in [-0.05, 0) is 54.6 Å². The van der Waals surface area contributed by atoms with Crippen molar-refractivity contribution in [2.75, 3.05) is 12.4 Å². The Labute approximate surface area is 159 Å². The van der Waals surface area contributed by atoms with E-state index in [1.807, 2.05) is 24.3 Å². The fourth-order valence-electron chi connectivity index (χ4n) is 2.38. The average molecular weight is 418 g/mol. The quantitative estimate of drug-likeness (QED) is 0.539. The molecule has 0 aromatic heterocycles. The highest BCUT2D eigenvalue weighted by atomic mass is 79.9. The average Bonchev–Trinajstić information content (AvgIpc) is 2.64. The van der Waals surface area contributed by atoms with Gasteiger partial charge in [-0.1, -0.05) is 15.9 Å². The lowest BCUT2D eigenvalue weighted by molar-refractivity contribution is 0.411. The van der Waals surface area contributed by atoms with Gasteiger partial charge in [0, 0.05) is 22.6 Å². The van der Waals surface area contributed by atoms with Crippen LogP contribution in [0.15, 0.2) is 65.1 Å². The summed E-state index contributed by atoms with van der Waals surface area (Å²) in [6.45, 7) is 0.281. The van der Waals surface area contributed by atoms with Gasteiger partial charge < -0.3 is 19.9 Å². The fourth-order valence-corrected chi connectivity index (χ4v) is 2.64. The molecule has 0 atom stereocenters. The highest BCUT2D eigenvalue weighted by Gasteiger charge is 2.09. The molecule has 6 heteroatoms. The first-order chi connectivity index (χ1) is 12.5. The molecule has 26 heavy (non-hydrogen) atoms. The zero-order valence-corrected chi connectivity index (χ0v) is 15.6. The number of halogens is 2. The summed E-state index contributed by atoms with van der Waals surface area (Å²) in [5.74, 6) is 1.49. The Bertz CT molecular complexity index is 900. The van der Waals surface area contributed by atoms with Crippen LogP contribution >= 0.6 is 15.9 Å². The van der Waals surface area contributed by atoms with Crippen molar-refractivity contribution in [1.82, 2.24) is 0 Å². The minimum absolute atomic E-state index is 0.130. The molecule has 0 saturated carbocycles. The zero-order valence-electron chi connectivity index (χ0n) is 14.0. The van der Waals surface area contributed by atoms with E-state index in [0.29, 0.717) is 28.5 Å². The van der Waals surface area contributed by atoms with Crippen LogP contribution in [0.3, 0.4) is 0 Å². The van der Waals surface area contributed by atoms with E-state index in [1.165, 1.54) is 12.1 Å². The molecule has 0 heterocycles. The van der Waals surface area contributed by atoms with Crippen molar-refractivity contribution in [1.29, 1.82) is 0 Å². The fraction of sp³-hybridized carbons (Fsp3) is 0.100. The highest BCUT2D eigenvalue weighted by molar-refractivity contribution is 9.10. The molecule has 0 saturated heterocycles. The van der Waals surface area contributed by atoms with Crippen LogP contribution in [0, 0.1) is 5.82 Å². The van der Waals surface area contributed by atoms with Crippen molar-refractivity contribution in [3.8, 4) is 23.0 Å². The second kappa shape index (κ2) is 8.10. The molecule has 3 aromatic rings. The number of phenolic OH excluding ortho intramolecular Hbond substituents is 1. The Kier molecular flexibility index (Phi) is 5.63. The standard InChI is InChI=1S/C20H17BrFNO3/c1-25-17-7-8-19(24)13(10-17)12-23-18-11-15(22)4-9-20(18)26-16-5-2-14(21)3-6-16/h2-11,23-24H,12H2,1H3. The van der Waals surface area contributed by atoms with Crippen LogP contribution in [0.5, 0.6) is 23.0 Å². The SMILES string of the molecule is COc1ccc(O)c(CNc2cc(F)ccc2Oc2ccc(Br)cc2)c1. The number of hydrogen-bond donors (Lipinski definition) is 2. The summed E-state index contributed by atoms with van der Waals surface area (Å²) in [7, 11) is 1.56. The van der Waals surface area contributed by atoms with E-state index in [2.05, 4.69) is 21.2 Å². The van der Waals surface area contributed by atoms with E-state index in [4.69, 9.17) is 9.47 Å². The lowest BCUT2D eigenvalue weighted by Crippen LogP contribution is -2.02. The summed E-state index contributed by atoms with van der Waals surface area (Å²) < 4.78 is 25.6. The monoisotopic (exact) mass is 417 g/mol. The first kappa shape index (κ1) is 18.1. The smallest absolute Gasteiger partial charge is 0.150 e. The Balaban J connectivity index is 1.81. The number of nitrogens with one attached hydrogen (secondary N) is 1. The molecular formula is C20H17BrFNO3. The molecule has 134 valence electrons. The molecule has 0 unspecified atom stereocenters. The van der Waals surface area contributed by atoms with Gasteiger partial charge in [-0.3, -0.25) is 0 Å². The van der Waals surface area contributed by atoms with Gasteiger partial charge in [0.1, 0.15) is 23.1 Å². The van der Waals surface area contributed by atoms with Crippen molar-refractivity contribution in [2.24, 2.45) is 0 Å². The number of rotatable bonds is 6. The van der Waals surface area contributed by atoms with Crippen molar-refractivity contribution >= 4 is 21.6 Å². The van der Waals surface area contributed by atoms with Gasteiger partial charge in [0.05, 0.1) is 12.8 Å². The second-order valence-corrected chi connectivity index (χ2v) is 6.46. The van der Waals surface area contributed by atoms with Crippen LogP contribution in [0.4, 0.5) is 10.1 Å². The number of methoxy groups -OCH3 is 1. The van der Waals surface area contributed by atoms with Crippen molar-refractivity contribution in [2.45, 2.75) is 6.54 Å². The van der Waals surface area contributed by atoms with Gasteiger partial charge in [0.15, 0.2) is 5.75 Å². The van der Waals surface area contributed by atoms with E-state index in [9.17, 15) is 9.50 Å². The third-order valence-corrected chi connectivity index (χ3v) is 4.27. The van der Waals surface area contributed by atoms with Gasteiger partial charge in [0.2, 0.25) is 0 Å². The number of ether oxygens (including phenoxy) is 2. The number of phenols is 1. The van der Waals surface area contributed by atoms with Crippen molar-refractivity contribution in [3.05, 3.63) is 76.5 Å². The predicted molar refractivity (Wildman–Crippen MR) is 103 cm³/mol. The number of aromatic hydroxyl groups is 1. The molecule has 3 rings (SSSR count). The van der Waals surface area contributed by atoms with Gasteiger partial charge in [-0.2, -0.15) is 0 Å². The summed E-state index contributed by atoms with van der Waals surface area (Å²) in [4.78, 5) is 0. The number of benzene rings is 3. The van der Waals surface area contributed by atoms with Crippen LogP contribution in [0.1, 0.15) is 5.56 Å². The summed E-state index contributed by atoms with van der Waals surface area (Å²) >= 11 is 3.37. The van der Waals surface area contributed by atoms with Crippen molar-refractivity contribution in [3.63, 3.8) is 0 Å². The molecule has 0 aliphatic heterocycles.